The molecule has 5 N–H and O–H groups in total. The number of halogens is 1. The zero-order valence-electron chi connectivity index (χ0n) is 29.0. The van der Waals surface area contributed by atoms with Crippen LogP contribution in [0, 0.1) is 0 Å². The summed E-state index contributed by atoms with van der Waals surface area (Å²) in [5.41, 5.74) is 6.32. The third kappa shape index (κ3) is 7.04. The Labute approximate surface area is 305 Å². The van der Waals surface area contributed by atoms with Crippen LogP contribution in [0.3, 0.4) is 0 Å². The normalized spacial score (nSPS) is 21.9. The largest absolute Gasteiger partial charge is 0.465 e. The molecule has 3 aliphatic rings. The Morgan fingerprint density at radius 2 is 1.28 bits per heavy atom. The number of carboxylic acid groups (broad SMARTS) is 1. The van der Waals surface area contributed by atoms with Gasteiger partial charge in [-0.05, 0) is 53.5 Å². The first kappa shape index (κ1) is 34.3. The predicted molar refractivity (Wildman–Crippen MR) is 196 cm³/mol. The zero-order valence-corrected chi connectivity index (χ0v) is 29.0. The molecule has 5 heterocycles. The molecule has 13 heteroatoms. The van der Waals surface area contributed by atoms with Gasteiger partial charge in [0.05, 0.1) is 41.9 Å². The van der Waals surface area contributed by atoms with E-state index in [0.29, 0.717) is 24.5 Å². The molecule has 0 bridgehead atoms. The fraction of sp³-hybridized carbons (Fsp3) is 0.325. The van der Waals surface area contributed by atoms with E-state index in [1.165, 1.54) is 0 Å². The molecule has 3 aliphatic heterocycles. The number of nitrogens with one attached hydrogen (secondary N) is 4. The van der Waals surface area contributed by atoms with Gasteiger partial charge >= 0.3 is 6.09 Å². The van der Waals surface area contributed by atoms with Crippen molar-refractivity contribution in [3.05, 3.63) is 108 Å². The summed E-state index contributed by atoms with van der Waals surface area (Å²) in [7, 11) is 0. The first-order chi connectivity index (χ1) is 25.8. The molecule has 0 saturated carbocycles. The number of imidazole rings is 2. The van der Waals surface area contributed by atoms with E-state index in [2.05, 4.69) is 54.8 Å². The number of carbonyl (C=O) groups is 3. The number of amides is 3. The number of hydrogen-bond acceptors (Lipinski definition) is 6. The van der Waals surface area contributed by atoms with Gasteiger partial charge in [0.15, 0.2) is 0 Å². The minimum Gasteiger partial charge on any atom is -0.465 e. The predicted octanol–water partition coefficient (Wildman–Crippen LogP) is 6.17. The Balaban J connectivity index is 0.925. The number of rotatable bonds is 9. The number of likely N-dealkylation sites (tertiary alicyclic amines) is 2. The topological polar surface area (TPSA) is 159 Å². The third-order valence-corrected chi connectivity index (χ3v) is 10.6. The number of carbonyl (C=O) groups excluding carboxylic acids is 2. The smallest absolute Gasteiger partial charge is 0.405 e. The Morgan fingerprint density at radius 1 is 0.755 bits per heavy atom. The van der Waals surface area contributed by atoms with Crippen LogP contribution in [-0.4, -0.2) is 84.6 Å². The molecule has 3 aromatic carbocycles. The molecule has 0 spiro atoms. The van der Waals surface area contributed by atoms with Crippen molar-refractivity contribution >= 4 is 17.9 Å². The van der Waals surface area contributed by atoms with E-state index in [1.54, 1.807) is 41.6 Å². The Bertz CT molecular complexity index is 2080. The second kappa shape index (κ2) is 14.7. The molecular formula is C40H41FN8O4. The van der Waals surface area contributed by atoms with Crippen LogP contribution >= 0.6 is 0 Å². The van der Waals surface area contributed by atoms with Crippen molar-refractivity contribution in [2.75, 3.05) is 19.6 Å². The highest BCUT2D eigenvalue weighted by Crippen LogP contribution is 2.36. The van der Waals surface area contributed by atoms with Gasteiger partial charge in [-0.15, -0.1) is 0 Å². The van der Waals surface area contributed by atoms with Crippen LogP contribution in [0.5, 0.6) is 0 Å². The van der Waals surface area contributed by atoms with Crippen LogP contribution < -0.4 is 10.6 Å². The van der Waals surface area contributed by atoms with Gasteiger partial charge in [0.25, 0.3) is 5.91 Å². The van der Waals surface area contributed by atoms with E-state index in [-0.39, 0.29) is 36.9 Å². The van der Waals surface area contributed by atoms with E-state index in [1.807, 2.05) is 35.2 Å². The fourth-order valence-electron chi connectivity index (χ4n) is 7.92. The zero-order chi connectivity index (χ0) is 36.5. The molecule has 12 nitrogen and oxygen atoms in total. The van der Waals surface area contributed by atoms with Gasteiger partial charge in [-0.2, -0.15) is 0 Å². The van der Waals surface area contributed by atoms with Crippen molar-refractivity contribution in [3.8, 4) is 33.6 Å². The van der Waals surface area contributed by atoms with Gasteiger partial charge in [0, 0.05) is 26.1 Å². The number of alkyl halides is 1. The Morgan fingerprint density at radius 3 is 1.81 bits per heavy atom. The van der Waals surface area contributed by atoms with Gasteiger partial charge in [-0.1, -0.05) is 78.9 Å². The summed E-state index contributed by atoms with van der Waals surface area (Å²) in [5, 5.41) is 14.9. The molecule has 2 aromatic heterocycles. The van der Waals surface area contributed by atoms with Crippen molar-refractivity contribution in [2.24, 2.45) is 0 Å². The monoisotopic (exact) mass is 716 g/mol. The maximum atomic E-state index is 13.7. The van der Waals surface area contributed by atoms with Crippen LogP contribution in [0.25, 0.3) is 33.6 Å². The molecule has 3 saturated heterocycles. The molecule has 0 aliphatic carbocycles. The van der Waals surface area contributed by atoms with E-state index in [0.717, 1.165) is 65.1 Å². The van der Waals surface area contributed by atoms with Crippen molar-refractivity contribution in [1.29, 1.82) is 0 Å². The van der Waals surface area contributed by atoms with Gasteiger partial charge in [-0.25, -0.2) is 19.2 Å². The number of aromatic nitrogens is 4. The lowest BCUT2D eigenvalue weighted by Crippen LogP contribution is -2.43. The second-order valence-corrected chi connectivity index (χ2v) is 14.0. The molecular weight excluding hydrogens is 675 g/mol. The SMILES string of the molecule is O=C(O)N[C@@H](C(=O)N1CCC[C@H]1c1ncc(-c2ccc(-c3ccc(-c4cnc([C@@H]5CCCN5C(=O)C5C[C@@H](F)CN5)[nH]4)cc3)cc2)[nH]1)c1ccccc1. The quantitative estimate of drug-likeness (QED) is 0.122. The van der Waals surface area contributed by atoms with Gasteiger partial charge in [-0.3, -0.25) is 9.59 Å². The first-order valence-corrected chi connectivity index (χ1v) is 18.2. The van der Waals surface area contributed by atoms with Crippen LogP contribution in [0.1, 0.15) is 67.4 Å². The number of hydrogen-bond donors (Lipinski definition) is 5. The van der Waals surface area contributed by atoms with E-state index in [4.69, 9.17) is 0 Å². The van der Waals surface area contributed by atoms with Crippen molar-refractivity contribution in [3.63, 3.8) is 0 Å². The van der Waals surface area contributed by atoms with Crippen LogP contribution in [0.15, 0.2) is 91.3 Å². The lowest BCUT2D eigenvalue weighted by Gasteiger charge is -2.28. The number of benzene rings is 3. The summed E-state index contributed by atoms with van der Waals surface area (Å²) in [4.78, 5) is 58.1. The molecule has 272 valence electrons. The van der Waals surface area contributed by atoms with Gasteiger partial charge in [0.1, 0.15) is 23.9 Å². The maximum Gasteiger partial charge on any atom is 0.405 e. The highest BCUT2D eigenvalue weighted by atomic mass is 19.1. The highest BCUT2D eigenvalue weighted by molar-refractivity contribution is 5.87. The van der Waals surface area contributed by atoms with Crippen molar-refractivity contribution in [1.82, 2.24) is 40.4 Å². The minimum absolute atomic E-state index is 0.0501. The maximum absolute atomic E-state index is 13.7. The minimum atomic E-state index is -1.26. The fourth-order valence-corrected chi connectivity index (χ4v) is 7.92. The average molecular weight is 717 g/mol. The molecule has 1 unspecified atom stereocenters. The lowest BCUT2D eigenvalue weighted by atomic mass is 10.0. The van der Waals surface area contributed by atoms with E-state index < -0.39 is 24.3 Å². The Kier molecular flexibility index (Phi) is 9.48. The van der Waals surface area contributed by atoms with E-state index >= 15 is 0 Å². The summed E-state index contributed by atoms with van der Waals surface area (Å²) in [6, 6.07) is 23.4. The van der Waals surface area contributed by atoms with Crippen LogP contribution in [0.2, 0.25) is 0 Å². The number of nitrogens with zero attached hydrogens (tertiary/aromatic N) is 4. The third-order valence-electron chi connectivity index (χ3n) is 10.6. The first-order valence-electron chi connectivity index (χ1n) is 18.2. The molecule has 53 heavy (non-hydrogen) atoms. The van der Waals surface area contributed by atoms with E-state index in [9.17, 15) is 23.9 Å². The molecule has 3 amide bonds. The number of H-pyrrole nitrogens is 2. The molecule has 5 atom stereocenters. The second-order valence-electron chi connectivity index (χ2n) is 14.0. The molecule has 0 radical (unpaired) electrons. The Hall–Kier alpha value is -5.82. The molecule has 5 aromatic rings. The molecule has 8 rings (SSSR count). The van der Waals surface area contributed by atoms with Crippen molar-refractivity contribution in [2.45, 2.75) is 62.4 Å². The molecule has 3 fully saturated rings. The summed E-state index contributed by atoms with van der Waals surface area (Å²) >= 11 is 0. The standard InChI is InChI=1S/C40H41FN8O4/c41-29-20-30(42-21-29)38(50)48-18-4-8-33(48)36-43-22-31(45-36)26-14-10-24(11-15-26)25-12-16-27(17-13-25)32-23-44-37(46-32)34-9-5-19-49(34)39(51)35(47-40(52)53)28-6-2-1-3-7-28/h1-3,6-7,10-17,22-23,29-30,33-35,42,47H,4-5,8-9,18-21H2,(H,43,45)(H,44,46)(H,52,53)/t29-,30?,33+,34+,35-/m1/s1. The van der Waals surface area contributed by atoms with Crippen LogP contribution in [0.4, 0.5) is 9.18 Å². The van der Waals surface area contributed by atoms with Gasteiger partial charge in [0.2, 0.25) is 5.91 Å². The number of aromatic amines is 2. The van der Waals surface area contributed by atoms with Crippen molar-refractivity contribution < 1.29 is 23.9 Å². The highest BCUT2D eigenvalue weighted by Gasteiger charge is 2.39. The van der Waals surface area contributed by atoms with Gasteiger partial charge < -0.3 is 35.5 Å². The van der Waals surface area contributed by atoms with Crippen LogP contribution in [-0.2, 0) is 9.59 Å². The lowest BCUT2D eigenvalue weighted by molar-refractivity contribution is -0.135. The summed E-state index contributed by atoms with van der Waals surface area (Å²) in [6.45, 7) is 1.39. The average Bonchev–Trinajstić information content (AvgIpc) is 4.03. The summed E-state index contributed by atoms with van der Waals surface area (Å²) in [5.74, 6) is 1.07. The summed E-state index contributed by atoms with van der Waals surface area (Å²) < 4.78 is 13.7. The summed E-state index contributed by atoms with van der Waals surface area (Å²) in [6.07, 6.45) is 4.78.